The van der Waals surface area contributed by atoms with Crippen LogP contribution in [0.3, 0.4) is 0 Å². The molecule has 154 valence electrons. The summed E-state index contributed by atoms with van der Waals surface area (Å²) < 4.78 is 0. The molecule has 0 aromatic heterocycles. The molecular formula is C21H23ClN2O5. The molecule has 0 saturated heterocycles. The number of carboxylic acid groups (broad SMARTS) is 2. The minimum Gasteiger partial charge on any atom is -0.481 e. The van der Waals surface area contributed by atoms with E-state index in [1.807, 2.05) is 42.5 Å². The van der Waals surface area contributed by atoms with Gasteiger partial charge in [0.2, 0.25) is 5.91 Å². The molecule has 1 amide bonds. The first kappa shape index (κ1) is 22.4. The summed E-state index contributed by atoms with van der Waals surface area (Å²) in [6.07, 6.45) is 0.0902. The third kappa shape index (κ3) is 7.56. The third-order valence-electron chi connectivity index (χ3n) is 4.31. The molecule has 0 heterocycles. The average Bonchev–Trinajstić information content (AvgIpc) is 2.66. The first-order valence-electron chi connectivity index (χ1n) is 9.07. The molecule has 29 heavy (non-hydrogen) atoms. The summed E-state index contributed by atoms with van der Waals surface area (Å²) >= 11 is 6.02. The Morgan fingerprint density at radius 3 is 2.28 bits per heavy atom. The summed E-state index contributed by atoms with van der Waals surface area (Å²) in [6, 6.07) is 13.7. The Morgan fingerprint density at radius 2 is 1.69 bits per heavy atom. The lowest BCUT2D eigenvalue weighted by Gasteiger charge is -2.20. The normalized spacial score (nSPS) is 12.8. The number of hydrogen-bond acceptors (Lipinski definition) is 4. The molecule has 2 atom stereocenters. The van der Waals surface area contributed by atoms with E-state index in [4.69, 9.17) is 21.8 Å². The van der Waals surface area contributed by atoms with Crippen LogP contribution in [-0.2, 0) is 20.8 Å². The molecule has 0 saturated carbocycles. The number of benzene rings is 2. The summed E-state index contributed by atoms with van der Waals surface area (Å²) in [4.78, 5) is 34.0. The zero-order chi connectivity index (χ0) is 21.4. The molecule has 0 aliphatic carbocycles. The molecular weight excluding hydrogens is 396 g/mol. The highest BCUT2D eigenvalue weighted by Crippen LogP contribution is 2.23. The van der Waals surface area contributed by atoms with Gasteiger partial charge in [0, 0.05) is 11.1 Å². The molecule has 2 aromatic carbocycles. The van der Waals surface area contributed by atoms with Crippen LogP contribution in [0.15, 0.2) is 48.5 Å². The molecule has 8 heteroatoms. The van der Waals surface area contributed by atoms with Gasteiger partial charge < -0.3 is 15.5 Å². The highest BCUT2D eigenvalue weighted by atomic mass is 35.5. The topological polar surface area (TPSA) is 116 Å². The lowest BCUT2D eigenvalue weighted by atomic mass is 9.99. The van der Waals surface area contributed by atoms with Crippen LogP contribution < -0.4 is 10.6 Å². The predicted octanol–water partition coefficient (Wildman–Crippen LogP) is 2.57. The van der Waals surface area contributed by atoms with Crippen molar-refractivity contribution in [3.05, 3.63) is 59.1 Å². The molecule has 0 bridgehead atoms. The van der Waals surface area contributed by atoms with Crippen molar-refractivity contribution in [2.45, 2.75) is 31.8 Å². The van der Waals surface area contributed by atoms with Crippen LogP contribution in [0.2, 0.25) is 5.02 Å². The van der Waals surface area contributed by atoms with E-state index in [1.165, 1.54) is 6.92 Å². The monoisotopic (exact) mass is 418 g/mol. The Kier molecular flexibility index (Phi) is 8.18. The van der Waals surface area contributed by atoms with Crippen LogP contribution in [0.1, 0.15) is 18.9 Å². The fourth-order valence-electron chi connectivity index (χ4n) is 2.83. The van der Waals surface area contributed by atoms with Crippen molar-refractivity contribution in [2.24, 2.45) is 0 Å². The standard InChI is InChI=1S/C21H23ClN2O5/c1-13(23-12-20(27)28)21(29)24-18(11-19(25)26)9-14-5-7-15(8-6-14)16-3-2-4-17(22)10-16/h2-8,10,13,18,23H,9,11-12H2,1H3,(H,24,29)(H,25,26)(H,27,28)/t13-,18-/m1/s1. The summed E-state index contributed by atoms with van der Waals surface area (Å²) in [7, 11) is 0. The summed E-state index contributed by atoms with van der Waals surface area (Å²) in [6.45, 7) is 1.17. The van der Waals surface area contributed by atoms with Crippen molar-refractivity contribution in [1.29, 1.82) is 0 Å². The number of nitrogens with one attached hydrogen (secondary N) is 2. The Labute approximate surface area is 173 Å². The number of carbonyl (C=O) groups is 3. The molecule has 0 spiro atoms. The maximum absolute atomic E-state index is 12.2. The number of carbonyl (C=O) groups excluding carboxylic acids is 1. The lowest BCUT2D eigenvalue weighted by Crippen LogP contribution is -2.48. The van der Waals surface area contributed by atoms with Gasteiger partial charge in [-0.05, 0) is 42.2 Å². The van der Waals surface area contributed by atoms with Crippen molar-refractivity contribution < 1.29 is 24.6 Å². The SMILES string of the molecule is C[C@@H](NCC(=O)O)C(=O)N[C@@H](CC(=O)O)Cc1ccc(-c2cccc(Cl)c2)cc1. The van der Waals surface area contributed by atoms with Gasteiger partial charge in [-0.25, -0.2) is 0 Å². The fraction of sp³-hybridized carbons (Fsp3) is 0.286. The second kappa shape index (κ2) is 10.6. The molecule has 0 fully saturated rings. The van der Waals surface area contributed by atoms with Gasteiger partial charge in [-0.3, -0.25) is 19.7 Å². The van der Waals surface area contributed by atoms with Gasteiger partial charge in [0.25, 0.3) is 0 Å². The van der Waals surface area contributed by atoms with Crippen LogP contribution in [0, 0.1) is 0 Å². The van der Waals surface area contributed by atoms with E-state index < -0.39 is 29.9 Å². The predicted molar refractivity (Wildman–Crippen MR) is 110 cm³/mol. The van der Waals surface area contributed by atoms with E-state index in [0.29, 0.717) is 11.4 Å². The van der Waals surface area contributed by atoms with E-state index in [0.717, 1.165) is 16.7 Å². The van der Waals surface area contributed by atoms with E-state index in [2.05, 4.69) is 10.6 Å². The average molecular weight is 419 g/mol. The van der Waals surface area contributed by atoms with Gasteiger partial charge in [-0.15, -0.1) is 0 Å². The third-order valence-corrected chi connectivity index (χ3v) is 4.55. The van der Waals surface area contributed by atoms with Crippen molar-refractivity contribution in [3.8, 4) is 11.1 Å². The van der Waals surface area contributed by atoms with Gasteiger partial charge in [0.1, 0.15) is 0 Å². The maximum atomic E-state index is 12.2. The first-order valence-corrected chi connectivity index (χ1v) is 9.44. The number of hydrogen-bond donors (Lipinski definition) is 4. The van der Waals surface area contributed by atoms with Gasteiger partial charge >= 0.3 is 11.9 Å². The van der Waals surface area contributed by atoms with Gasteiger partial charge in [-0.1, -0.05) is 48.0 Å². The van der Waals surface area contributed by atoms with Gasteiger partial charge in [0.15, 0.2) is 0 Å². The van der Waals surface area contributed by atoms with E-state index in [-0.39, 0.29) is 13.0 Å². The van der Waals surface area contributed by atoms with Crippen molar-refractivity contribution >= 4 is 29.4 Å². The molecule has 0 unspecified atom stereocenters. The maximum Gasteiger partial charge on any atom is 0.317 e. The second-order valence-corrected chi connectivity index (χ2v) is 7.15. The Balaban J connectivity index is 2.04. The highest BCUT2D eigenvalue weighted by molar-refractivity contribution is 6.30. The van der Waals surface area contributed by atoms with Gasteiger partial charge in [-0.2, -0.15) is 0 Å². The number of aliphatic carboxylic acids is 2. The smallest absolute Gasteiger partial charge is 0.317 e. The number of amides is 1. The summed E-state index contributed by atoms with van der Waals surface area (Å²) in [5, 5.41) is 23.7. The number of carboxylic acids is 2. The van der Waals surface area contributed by atoms with E-state index in [9.17, 15) is 14.4 Å². The fourth-order valence-corrected chi connectivity index (χ4v) is 3.02. The van der Waals surface area contributed by atoms with Crippen molar-refractivity contribution in [2.75, 3.05) is 6.54 Å². The molecule has 0 aliphatic heterocycles. The lowest BCUT2D eigenvalue weighted by molar-refractivity contribution is -0.138. The van der Waals surface area contributed by atoms with Crippen molar-refractivity contribution in [3.63, 3.8) is 0 Å². The second-order valence-electron chi connectivity index (χ2n) is 6.71. The minimum atomic E-state index is -1.08. The largest absolute Gasteiger partial charge is 0.481 e. The number of rotatable bonds is 10. The minimum absolute atomic E-state index is 0.243. The van der Waals surface area contributed by atoms with Crippen LogP contribution in [0.5, 0.6) is 0 Å². The van der Waals surface area contributed by atoms with Crippen LogP contribution in [0.4, 0.5) is 0 Å². The molecule has 0 radical (unpaired) electrons. The van der Waals surface area contributed by atoms with E-state index in [1.54, 1.807) is 6.07 Å². The highest BCUT2D eigenvalue weighted by Gasteiger charge is 2.20. The van der Waals surface area contributed by atoms with Crippen LogP contribution in [0.25, 0.3) is 11.1 Å². The summed E-state index contributed by atoms with van der Waals surface area (Å²) in [5.74, 6) is -2.56. The van der Waals surface area contributed by atoms with Crippen LogP contribution >= 0.6 is 11.6 Å². The molecule has 0 aliphatic rings. The Morgan fingerprint density at radius 1 is 1.00 bits per heavy atom. The number of halogens is 1. The molecule has 7 nitrogen and oxygen atoms in total. The molecule has 2 aromatic rings. The van der Waals surface area contributed by atoms with E-state index >= 15 is 0 Å². The Hall–Kier alpha value is -2.90. The van der Waals surface area contributed by atoms with Gasteiger partial charge in [0.05, 0.1) is 19.0 Å². The molecule has 2 rings (SSSR count). The zero-order valence-electron chi connectivity index (χ0n) is 15.9. The molecule has 4 N–H and O–H groups in total. The Bertz CT molecular complexity index is 870. The first-order chi connectivity index (χ1) is 13.7. The van der Waals surface area contributed by atoms with Crippen molar-refractivity contribution in [1.82, 2.24) is 10.6 Å². The quantitative estimate of drug-likeness (QED) is 0.471. The summed E-state index contributed by atoms with van der Waals surface area (Å²) in [5.41, 5.74) is 2.81. The van der Waals surface area contributed by atoms with Crippen LogP contribution in [-0.4, -0.2) is 46.7 Å². The zero-order valence-corrected chi connectivity index (χ0v) is 16.6.